The number of carbonyl (C=O) groups is 1. The fraction of sp³-hybridized carbons (Fsp3) is 0.0625. The van der Waals surface area contributed by atoms with Crippen molar-refractivity contribution in [2.75, 3.05) is 5.32 Å². The number of alkyl halides is 3. The van der Waals surface area contributed by atoms with Gasteiger partial charge in [-0.15, -0.1) is 11.3 Å². The zero-order valence-corrected chi connectivity index (χ0v) is 16.5. The van der Waals surface area contributed by atoms with E-state index in [1.54, 1.807) is 40.8 Å². The minimum absolute atomic E-state index is 0.130. The Bertz CT molecular complexity index is 987. The van der Waals surface area contributed by atoms with E-state index in [-0.39, 0.29) is 15.6 Å². The summed E-state index contributed by atoms with van der Waals surface area (Å²) in [5, 5.41) is 3.60. The average Bonchev–Trinajstić information content (AvgIpc) is 2.84. The normalized spacial score (nSPS) is 11.8. The third kappa shape index (κ3) is 3.89. The standard InChI is InChI=1S/C16H7Cl2F3INOS/c17-7-1-3-9-12(5-7)25-14(13(9)18)15(24)23-11-4-2-8(22)6-10(11)16(19,20)21/h1-6H,(H,23,24). The van der Waals surface area contributed by atoms with E-state index in [0.717, 1.165) is 17.4 Å². The Kier molecular flexibility index (Phi) is 5.21. The molecule has 0 radical (unpaired) electrons. The first kappa shape index (κ1) is 18.8. The quantitative estimate of drug-likeness (QED) is 0.363. The first-order valence-corrected chi connectivity index (χ1v) is 9.37. The van der Waals surface area contributed by atoms with E-state index in [1.807, 2.05) is 0 Å². The lowest BCUT2D eigenvalue weighted by Gasteiger charge is -2.14. The van der Waals surface area contributed by atoms with Gasteiger partial charge >= 0.3 is 6.18 Å². The molecule has 2 nitrogen and oxygen atoms in total. The summed E-state index contributed by atoms with van der Waals surface area (Å²) in [5.74, 6) is -0.700. The van der Waals surface area contributed by atoms with Crippen molar-refractivity contribution >= 4 is 78.8 Å². The van der Waals surface area contributed by atoms with E-state index in [2.05, 4.69) is 5.32 Å². The molecule has 130 valence electrons. The molecule has 0 saturated heterocycles. The number of amides is 1. The highest BCUT2D eigenvalue weighted by molar-refractivity contribution is 14.1. The molecule has 0 bridgehead atoms. The Hall–Kier alpha value is -1.03. The third-order valence-corrected chi connectivity index (χ3v) is 5.89. The van der Waals surface area contributed by atoms with Crippen molar-refractivity contribution in [3.8, 4) is 0 Å². The van der Waals surface area contributed by atoms with Gasteiger partial charge in [-0.2, -0.15) is 13.2 Å². The summed E-state index contributed by atoms with van der Waals surface area (Å²) in [6.45, 7) is 0. The number of hydrogen-bond acceptors (Lipinski definition) is 2. The maximum Gasteiger partial charge on any atom is 0.418 e. The lowest BCUT2D eigenvalue weighted by atomic mass is 10.1. The fourth-order valence-electron chi connectivity index (χ4n) is 2.22. The van der Waals surface area contributed by atoms with Gasteiger partial charge in [0.1, 0.15) is 4.88 Å². The molecule has 25 heavy (non-hydrogen) atoms. The highest BCUT2D eigenvalue weighted by atomic mass is 127. The molecule has 0 aliphatic carbocycles. The zero-order valence-electron chi connectivity index (χ0n) is 12.0. The summed E-state index contributed by atoms with van der Waals surface area (Å²) in [7, 11) is 0. The van der Waals surface area contributed by atoms with Crippen molar-refractivity contribution in [1.82, 2.24) is 0 Å². The second kappa shape index (κ2) is 6.94. The number of nitrogens with one attached hydrogen (secondary N) is 1. The molecule has 0 aliphatic rings. The van der Waals surface area contributed by atoms with Gasteiger partial charge in [0.2, 0.25) is 0 Å². The van der Waals surface area contributed by atoms with Crippen LogP contribution in [0.4, 0.5) is 18.9 Å². The van der Waals surface area contributed by atoms with Crippen molar-refractivity contribution in [3.05, 3.63) is 60.5 Å². The van der Waals surface area contributed by atoms with Gasteiger partial charge in [-0.1, -0.05) is 29.3 Å². The maximum atomic E-state index is 13.2. The average molecular weight is 516 g/mol. The van der Waals surface area contributed by atoms with Gasteiger partial charge in [0.05, 0.1) is 16.3 Å². The highest BCUT2D eigenvalue weighted by Crippen LogP contribution is 2.39. The summed E-state index contributed by atoms with van der Waals surface area (Å²) in [4.78, 5) is 12.6. The number of halogens is 6. The van der Waals surface area contributed by atoms with Crippen LogP contribution in [0.15, 0.2) is 36.4 Å². The molecule has 0 fully saturated rings. The van der Waals surface area contributed by atoms with E-state index in [9.17, 15) is 18.0 Å². The SMILES string of the molecule is O=C(Nc1ccc(I)cc1C(F)(F)F)c1sc2cc(Cl)ccc2c1Cl. The maximum absolute atomic E-state index is 13.2. The van der Waals surface area contributed by atoms with Crippen LogP contribution in [-0.2, 0) is 6.18 Å². The first-order chi connectivity index (χ1) is 11.7. The van der Waals surface area contributed by atoms with Crippen LogP contribution in [0.2, 0.25) is 10.0 Å². The zero-order chi connectivity index (χ0) is 18.4. The van der Waals surface area contributed by atoms with Crippen molar-refractivity contribution < 1.29 is 18.0 Å². The largest absolute Gasteiger partial charge is 0.418 e. The molecule has 2 aromatic carbocycles. The number of fused-ring (bicyclic) bond motifs is 1. The summed E-state index contributed by atoms with van der Waals surface area (Å²) in [6, 6.07) is 8.63. The Morgan fingerprint density at radius 2 is 1.84 bits per heavy atom. The molecule has 3 rings (SSSR count). The van der Waals surface area contributed by atoms with Gasteiger partial charge in [-0.05, 0) is 52.9 Å². The first-order valence-electron chi connectivity index (χ1n) is 6.72. The van der Waals surface area contributed by atoms with Crippen LogP contribution in [0.5, 0.6) is 0 Å². The molecule has 3 aromatic rings. The van der Waals surface area contributed by atoms with E-state index >= 15 is 0 Å². The van der Waals surface area contributed by atoms with Gasteiger partial charge in [-0.3, -0.25) is 4.79 Å². The number of benzene rings is 2. The Labute approximate surface area is 168 Å². The molecule has 0 saturated carbocycles. The van der Waals surface area contributed by atoms with Crippen LogP contribution in [0, 0.1) is 3.57 Å². The summed E-state index contributed by atoms with van der Waals surface area (Å²) in [5.41, 5.74) is -1.22. The number of carbonyl (C=O) groups excluding carboxylic acids is 1. The van der Waals surface area contributed by atoms with E-state index in [1.165, 1.54) is 12.1 Å². The van der Waals surface area contributed by atoms with Gasteiger partial charge < -0.3 is 5.32 Å². The van der Waals surface area contributed by atoms with E-state index in [0.29, 0.717) is 18.7 Å². The molecule has 1 N–H and O–H groups in total. The summed E-state index contributed by atoms with van der Waals surface area (Å²) >= 11 is 15.0. The van der Waals surface area contributed by atoms with Crippen molar-refractivity contribution in [2.45, 2.75) is 6.18 Å². The van der Waals surface area contributed by atoms with Crippen LogP contribution in [-0.4, -0.2) is 5.91 Å². The van der Waals surface area contributed by atoms with Gasteiger partial charge in [0, 0.05) is 18.7 Å². The van der Waals surface area contributed by atoms with Crippen LogP contribution < -0.4 is 5.32 Å². The topological polar surface area (TPSA) is 29.1 Å². The molecule has 1 aromatic heterocycles. The fourth-order valence-corrected chi connectivity index (χ4v) is 4.40. The minimum atomic E-state index is -4.58. The van der Waals surface area contributed by atoms with Crippen molar-refractivity contribution in [2.24, 2.45) is 0 Å². The highest BCUT2D eigenvalue weighted by Gasteiger charge is 2.34. The number of anilines is 1. The molecular formula is C16H7Cl2F3INOS. The molecule has 1 heterocycles. The Morgan fingerprint density at radius 1 is 1.12 bits per heavy atom. The van der Waals surface area contributed by atoms with Gasteiger partial charge in [0.25, 0.3) is 5.91 Å². The predicted molar refractivity (Wildman–Crippen MR) is 104 cm³/mol. The Balaban J connectivity index is 2.00. The van der Waals surface area contributed by atoms with Crippen molar-refractivity contribution in [3.63, 3.8) is 0 Å². The molecule has 0 aliphatic heterocycles. The second-order valence-corrected chi connectivity index (χ2v) is 8.14. The summed E-state index contributed by atoms with van der Waals surface area (Å²) < 4.78 is 40.6. The number of rotatable bonds is 2. The smallest absolute Gasteiger partial charge is 0.321 e. The third-order valence-electron chi connectivity index (χ3n) is 3.33. The number of hydrogen-bond donors (Lipinski definition) is 1. The minimum Gasteiger partial charge on any atom is -0.321 e. The molecule has 9 heteroatoms. The molecule has 0 atom stereocenters. The molecule has 0 unspecified atom stereocenters. The van der Waals surface area contributed by atoms with Crippen LogP contribution in [0.1, 0.15) is 15.2 Å². The van der Waals surface area contributed by atoms with Gasteiger partial charge in [0.15, 0.2) is 0 Å². The van der Waals surface area contributed by atoms with Crippen molar-refractivity contribution in [1.29, 1.82) is 0 Å². The monoisotopic (exact) mass is 515 g/mol. The number of thiophene rings is 1. The second-order valence-electron chi connectivity index (χ2n) is 5.03. The summed E-state index contributed by atoms with van der Waals surface area (Å²) in [6.07, 6.45) is -4.58. The Morgan fingerprint density at radius 3 is 2.52 bits per heavy atom. The van der Waals surface area contributed by atoms with Gasteiger partial charge in [-0.25, -0.2) is 0 Å². The van der Waals surface area contributed by atoms with Crippen LogP contribution >= 0.6 is 57.1 Å². The molecule has 1 amide bonds. The van der Waals surface area contributed by atoms with E-state index < -0.39 is 17.6 Å². The lowest BCUT2D eigenvalue weighted by Crippen LogP contribution is -2.16. The molecular weight excluding hydrogens is 509 g/mol. The molecule has 0 spiro atoms. The van der Waals surface area contributed by atoms with Crippen LogP contribution in [0.3, 0.4) is 0 Å². The van der Waals surface area contributed by atoms with E-state index in [4.69, 9.17) is 23.2 Å². The van der Waals surface area contributed by atoms with Crippen LogP contribution in [0.25, 0.3) is 10.1 Å². The predicted octanol–water partition coefficient (Wildman–Crippen LogP) is 7.08. The lowest BCUT2D eigenvalue weighted by molar-refractivity contribution is -0.137.